The van der Waals surface area contributed by atoms with Gasteiger partial charge in [0.05, 0.1) is 0 Å². The van der Waals surface area contributed by atoms with Gasteiger partial charge in [-0.15, -0.1) is 0 Å². The van der Waals surface area contributed by atoms with Crippen molar-refractivity contribution in [3.8, 4) is 0 Å². The maximum Gasteiger partial charge on any atom is 0.253 e. The number of nitrogens with one attached hydrogen (secondary N) is 1. The lowest BCUT2D eigenvalue weighted by Gasteiger charge is -2.21. The molecule has 1 aromatic carbocycles. The topological polar surface area (TPSA) is 49.3 Å². The Bertz CT molecular complexity index is 432. The summed E-state index contributed by atoms with van der Waals surface area (Å²) in [4.78, 5) is 11.6. The highest BCUT2D eigenvalue weighted by Crippen LogP contribution is 2.11. The van der Waals surface area contributed by atoms with Crippen molar-refractivity contribution in [1.29, 1.82) is 0 Å². The molecule has 1 aromatic rings. The van der Waals surface area contributed by atoms with E-state index < -0.39 is 12.0 Å². The molecule has 0 aliphatic heterocycles. The third kappa shape index (κ3) is 5.47. The third-order valence-electron chi connectivity index (χ3n) is 2.11. The molecular weight excluding hydrogens is 294 g/mol. The number of hydrogen-bond acceptors (Lipinski definition) is 2. The van der Waals surface area contributed by atoms with Crippen LogP contribution in [-0.4, -0.2) is 22.7 Å². The highest BCUT2D eigenvalue weighted by Gasteiger charge is 2.18. The zero-order chi connectivity index (χ0) is 13.8. The summed E-state index contributed by atoms with van der Waals surface area (Å²) < 4.78 is 0.991. The van der Waals surface area contributed by atoms with Gasteiger partial charge in [0.25, 0.3) is 5.91 Å². The summed E-state index contributed by atoms with van der Waals surface area (Å²) >= 11 is 3.34. The van der Waals surface area contributed by atoms with E-state index >= 15 is 0 Å². The lowest BCUT2D eigenvalue weighted by atomic mass is 10.1. The Morgan fingerprint density at radius 1 is 1.33 bits per heavy atom. The Balaban J connectivity index is 2.61. The minimum atomic E-state index is -1.13. The highest BCUT2D eigenvalue weighted by atomic mass is 79.9. The van der Waals surface area contributed by atoms with Gasteiger partial charge in [-0.2, -0.15) is 0 Å². The molecular formula is C14H18BrNO2. The van der Waals surface area contributed by atoms with E-state index in [-0.39, 0.29) is 5.54 Å². The van der Waals surface area contributed by atoms with Crippen LogP contribution in [0.1, 0.15) is 26.3 Å². The summed E-state index contributed by atoms with van der Waals surface area (Å²) in [6.07, 6.45) is 2.07. The van der Waals surface area contributed by atoms with Gasteiger partial charge in [-0.3, -0.25) is 4.79 Å². The zero-order valence-corrected chi connectivity index (χ0v) is 12.4. The molecule has 0 radical (unpaired) electrons. The molecule has 0 aromatic heterocycles. The lowest BCUT2D eigenvalue weighted by molar-refractivity contribution is -0.128. The molecule has 0 spiro atoms. The molecule has 0 unspecified atom stereocenters. The predicted molar refractivity (Wildman–Crippen MR) is 77.1 cm³/mol. The molecule has 2 N–H and O–H groups in total. The fourth-order valence-corrected chi connectivity index (χ4v) is 1.57. The van der Waals surface area contributed by atoms with Crippen LogP contribution in [0.2, 0.25) is 0 Å². The SMILES string of the molecule is CC(C)(C)NC(=O)[C@@H](O)/C=C/c1ccc(Br)cc1. The number of amides is 1. The summed E-state index contributed by atoms with van der Waals surface area (Å²) in [6, 6.07) is 7.60. The molecule has 1 rings (SSSR count). The fourth-order valence-electron chi connectivity index (χ4n) is 1.31. The van der Waals surface area contributed by atoms with E-state index in [4.69, 9.17) is 0 Å². The molecule has 18 heavy (non-hydrogen) atoms. The second-order valence-electron chi connectivity index (χ2n) is 5.09. The molecule has 98 valence electrons. The molecule has 0 heterocycles. The van der Waals surface area contributed by atoms with Gasteiger partial charge in [0.1, 0.15) is 0 Å². The van der Waals surface area contributed by atoms with Gasteiger partial charge in [-0.25, -0.2) is 0 Å². The maximum absolute atomic E-state index is 11.6. The number of halogens is 1. The third-order valence-corrected chi connectivity index (χ3v) is 2.64. The lowest BCUT2D eigenvalue weighted by Crippen LogP contribution is -2.45. The van der Waals surface area contributed by atoms with Gasteiger partial charge in [-0.1, -0.05) is 34.1 Å². The van der Waals surface area contributed by atoms with Crippen molar-refractivity contribution in [2.45, 2.75) is 32.4 Å². The van der Waals surface area contributed by atoms with Gasteiger partial charge in [0.2, 0.25) is 0 Å². The van der Waals surface area contributed by atoms with Crippen molar-refractivity contribution in [2.24, 2.45) is 0 Å². The number of hydrogen-bond donors (Lipinski definition) is 2. The van der Waals surface area contributed by atoms with Crippen LogP contribution >= 0.6 is 15.9 Å². The van der Waals surface area contributed by atoms with E-state index in [1.807, 2.05) is 45.0 Å². The summed E-state index contributed by atoms with van der Waals surface area (Å²) in [6.45, 7) is 5.61. The molecule has 0 saturated carbocycles. The first kappa shape index (κ1) is 14.9. The number of rotatable bonds is 3. The minimum Gasteiger partial charge on any atom is -0.379 e. The van der Waals surface area contributed by atoms with E-state index in [1.165, 1.54) is 6.08 Å². The van der Waals surface area contributed by atoms with Gasteiger partial charge < -0.3 is 10.4 Å². The molecule has 0 fully saturated rings. The van der Waals surface area contributed by atoms with E-state index in [9.17, 15) is 9.90 Å². The van der Waals surface area contributed by atoms with Crippen LogP contribution in [0.5, 0.6) is 0 Å². The Morgan fingerprint density at radius 2 is 1.89 bits per heavy atom. The number of carbonyl (C=O) groups is 1. The number of benzene rings is 1. The molecule has 0 saturated heterocycles. The Kier molecular flexibility index (Phi) is 5.11. The van der Waals surface area contributed by atoms with Gasteiger partial charge >= 0.3 is 0 Å². The summed E-state index contributed by atoms with van der Waals surface area (Å²) in [5, 5.41) is 12.4. The van der Waals surface area contributed by atoms with Crippen molar-refractivity contribution in [3.05, 3.63) is 40.4 Å². The minimum absolute atomic E-state index is 0.344. The molecule has 0 bridgehead atoms. The van der Waals surface area contributed by atoms with Crippen LogP contribution in [-0.2, 0) is 4.79 Å². The quantitative estimate of drug-likeness (QED) is 0.901. The molecule has 3 nitrogen and oxygen atoms in total. The monoisotopic (exact) mass is 311 g/mol. The van der Waals surface area contributed by atoms with Gasteiger partial charge in [0.15, 0.2) is 6.10 Å². The first-order chi connectivity index (χ1) is 8.28. The molecule has 1 atom stereocenters. The predicted octanol–water partition coefficient (Wildman–Crippen LogP) is 2.74. The molecule has 0 aliphatic carbocycles. The number of aliphatic hydroxyl groups excluding tert-OH is 1. The summed E-state index contributed by atoms with van der Waals surface area (Å²) in [7, 11) is 0. The first-order valence-corrected chi connectivity index (χ1v) is 6.51. The van der Waals surface area contributed by atoms with Crippen LogP contribution in [0.15, 0.2) is 34.8 Å². The smallest absolute Gasteiger partial charge is 0.253 e. The number of carbonyl (C=O) groups excluding carboxylic acids is 1. The maximum atomic E-state index is 11.6. The first-order valence-electron chi connectivity index (χ1n) is 5.72. The molecule has 1 amide bonds. The van der Waals surface area contributed by atoms with E-state index in [0.29, 0.717) is 0 Å². The largest absolute Gasteiger partial charge is 0.379 e. The van der Waals surface area contributed by atoms with Crippen LogP contribution in [0.4, 0.5) is 0 Å². The average molecular weight is 312 g/mol. The van der Waals surface area contributed by atoms with E-state index in [0.717, 1.165) is 10.0 Å². The second kappa shape index (κ2) is 6.16. The summed E-state index contributed by atoms with van der Waals surface area (Å²) in [5.74, 6) is -0.393. The van der Waals surface area contributed by atoms with Crippen LogP contribution in [0.25, 0.3) is 6.08 Å². The Hall–Kier alpha value is -1.13. The van der Waals surface area contributed by atoms with Crippen molar-refractivity contribution in [3.63, 3.8) is 0 Å². The van der Waals surface area contributed by atoms with Crippen LogP contribution in [0.3, 0.4) is 0 Å². The fraction of sp³-hybridized carbons (Fsp3) is 0.357. The van der Waals surface area contributed by atoms with Crippen LogP contribution in [0, 0.1) is 0 Å². The normalized spacial score (nSPS) is 13.6. The number of aliphatic hydroxyl groups is 1. The molecule has 4 heteroatoms. The van der Waals surface area contributed by atoms with Crippen molar-refractivity contribution in [2.75, 3.05) is 0 Å². The van der Waals surface area contributed by atoms with E-state index in [1.54, 1.807) is 6.08 Å². The highest BCUT2D eigenvalue weighted by molar-refractivity contribution is 9.10. The van der Waals surface area contributed by atoms with Crippen molar-refractivity contribution >= 4 is 27.9 Å². The Labute approximate surface area is 116 Å². The van der Waals surface area contributed by atoms with Crippen molar-refractivity contribution < 1.29 is 9.90 Å². The van der Waals surface area contributed by atoms with Gasteiger partial charge in [-0.05, 0) is 44.5 Å². The van der Waals surface area contributed by atoms with Crippen LogP contribution < -0.4 is 5.32 Å². The zero-order valence-electron chi connectivity index (χ0n) is 10.8. The summed E-state index contributed by atoms with van der Waals surface area (Å²) in [5.41, 5.74) is 0.588. The second-order valence-corrected chi connectivity index (χ2v) is 6.01. The van der Waals surface area contributed by atoms with E-state index in [2.05, 4.69) is 21.2 Å². The average Bonchev–Trinajstić information content (AvgIpc) is 2.25. The molecule has 0 aliphatic rings. The Morgan fingerprint density at radius 3 is 2.39 bits per heavy atom. The van der Waals surface area contributed by atoms with Crippen molar-refractivity contribution in [1.82, 2.24) is 5.32 Å². The van der Waals surface area contributed by atoms with Gasteiger partial charge in [0, 0.05) is 10.0 Å². The standard InChI is InChI=1S/C14H18BrNO2/c1-14(2,3)16-13(18)12(17)9-6-10-4-7-11(15)8-5-10/h4-9,12,17H,1-3H3,(H,16,18)/b9-6+/t12-/m0/s1.